The summed E-state index contributed by atoms with van der Waals surface area (Å²) in [6.07, 6.45) is 2.86. The Morgan fingerprint density at radius 2 is 1.79 bits per heavy atom. The molecule has 1 aliphatic heterocycles. The molecule has 0 aromatic carbocycles. The van der Waals surface area contributed by atoms with Crippen LogP contribution in [-0.4, -0.2) is 58.9 Å². The van der Waals surface area contributed by atoms with E-state index in [0.717, 1.165) is 12.8 Å². The van der Waals surface area contributed by atoms with Crippen molar-refractivity contribution < 1.29 is 19.5 Å². The van der Waals surface area contributed by atoms with Gasteiger partial charge in [-0.25, -0.2) is 0 Å². The Bertz CT molecular complexity index is 625. The molecule has 2 heterocycles. The smallest absolute Gasteiger partial charge is 0.310 e. The summed E-state index contributed by atoms with van der Waals surface area (Å²) in [7, 11) is 0. The third kappa shape index (κ3) is 3.31. The first-order valence-electron chi connectivity index (χ1n) is 8.34. The number of thiophene rings is 1. The number of carbonyl (C=O) groups excluding carboxylic acids is 2. The first kappa shape index (κ1) is 17.0. The fourth-order valence-electron chi connectivity index (χ4n) is 3.41. The highest BCUT2D eigenvalue weighted by molar-refractivity contribution is 7.08. The first-order valence-corrected chi connectivity index (χ1v) is 9.29. The van der Waals surface area contributed by atoms with E-state index in [4.69, 9.17) is 0 Å². The minimum atomic E-state index is -0.855. The summed E-state index contributed by atoms with van der Waals surface area (Å²) in [6.45, 7) is 2.19. The van der Waals surface area contributed by atoms with Crippen molar-refractivity contribution in [1.82, 2.24) is 9.80 Å². The molecule has 3 rings (SSSR count). The standard InChI is InChI=1S/C17H22N2O4S/c20-14(11-17(16(22)23)4-1-5-17)18-6-2-7-19(9-8-18)15(21)13-3-10-24-12-13/h3,10,12H,1-2,4-9,11H2,(H,22,23). The lowest BCUT2D eigenvalue weighted by atomic mass is 9.66. The van der Waals surface area contributed by atoms with Crippen LogP contribution in [-0.2, 0) is 9.59 Å². The van der Waals surface area contributed by atoms with Gasteiger partial charge in [0.2, 0.25) is 5.91 Å². The van der Waals surface area contributed by atoms with Crippen molar-refractivity contribution in [3.05, 3.63) is 22.4 Å². The van der Waals surface area contributed by atoms with Gasteiger partial charge in [-0.05, 0) is 30.7 Å². The van der Waals surface area contributed by atoms with Crippen LogP contribution >= 0.6 is 11.3 Å². The molecular weight excluding hydrogens is 328 g/mol. The Hall–Kier alpha value is -1.89. The minimum Gasteiger partial charge on any atom is -0.481 e. The van der Waals surface area contributed by atoms with Crippen molar-refractivity contribution >= 4 is 29.1 Å². The quantitative estimate of drug-likeness (QED) is 0.902. The molecular formula is C17H22N2O4S. The van der Waals surface area contributed by atoms with Gasteiger partial charge in [0, 0.05) is 38.0 Å². The summed E-state index contributed by atoms with van der Waals surface area (Å²) in [5, 5.41) is 13.1. The zero-order valence-corrected chi connectivity index (χ0v) is 14.4. The van der Waals surface area contributed by atoms with Gasteiger partial charge in [-0.3, -0.25) is 14.4 Å². The molecule has 130 valence electrons. The van der Waals surface area contributed by atoms with Gasteiger partial charge in [0.05, 0.1) is 11.0 Å². The van der Waals surface area contributed by atoms with E-state index < -0.39 is 11.4 Å². The molecule has 24 heavy (non-hydrogen) atoms. The van der Waals surface area contributed by atoms with Gasteiger partial charge >= 0.3 is 5.97 Å². The normalized spacial score (nSPS) is 20.2. The third-order valence-electron chi connectivity index (χ3n) is 5.16. The van der Waals surface area contributed by atoms with E-state index in [1.165, 1.54) is 11.3 Å². The van der Waals surface area contributed by atoms with Crippen LogP contribution in [0.15, 0.2) is 16.8 Å². The van der Waals surface area contributed by atoms with Crippen LogP contribution in [0.2, 0.25) is 0 Å². The molecule has 1 saturated carbocycles. The Morgan fingerprint density at radius 1 is 1.08 bits per heavy atom. The number of hydrogen-bond acceptors (Lipinski definition) is 4. The van der Waals surface area contributed by atoms with Crippen LogP contribution in [0.4, 0.5) is 0 Å². The number of amides is 2. The maximum Gasteiger partial charge on any atom is 0.310 e. The number of hydrogen-bond donors (Lipinski definition) is 1. The number of carboxylic acids is 1. The van der Waals surface area contributed by atoms with Crippen molar-refractivity contribution in [1.29, 1.82) is 0 Å². The zero-order chi connectivity index (χ0) is 17.2. The second kappa shape index (κ2) is 6.93. The molecule has 1 aliphatic carbocycles. The molecule has 2 fully saturated rings. The number of carboxylic acid groups (broad SMARTS) is 1. The number of aliphatic carboxylic acids is 1. The lowest BCUT2D eigenvalue weighted by molar-refractivity contribution is -0.159. The van der Waals surface area contributed by atoms with E-state index >= 15 is 0 Å². The number of rotatable bonds is 4. The Morgan fingerprint density at radius 3 is 2.38 bits per heavy atom. The van der Waals surface area contributed by atoms with Gasteiger partial charge in [0.15, 0.2) is 0 Å². The molecule has 2 amide bonds. The zero-order valence-electron chi connectivity index (χ0n) is 13.6. The lowest BCUT2D eigenvalue weighted by Gasteiger charge is -2.38. The molecule has 1 aromatic heterocycles. The van der Waals surface area contributed by atoms with E-state index in [0.29, 0.717) is 44.6 Å². The van der Waals surface area contributed by atoms with Crippen molar-refractivity contribution in [3.63, 3.8) is 0 Å². The van der Waals surface area contributed by atoms with Gasteiger partial charge in [0.25, 0.3) is 5.91 Å². The predicted octanol–water partition coefficient (Wildman–Crippen LogP) is 2.07. The summed E-state index contributed by atoms with van der Waals surface area (Å²) < 4.78 is 0. The van der Waals surface area contributed by atoms with Crippen molar-refractivity contribution in [3.8, 4) is 0 Å². The molecule has 7 heteroatoms. The summed E-state index contributed by atoms with van der Waals surface area (Å²) in [6, 6.07) is 1.81. The van der Waals surface area contributed by atoms with Gasteiger partial charge in [0.1, 0.15) is 0 Å². The highest BCUT2D eigenvalue weighted by Crippen LogP contribution is 2.44. The van der Waals surface area contributed by atoms with Crippen molar-refractivity contribution in [2.45, 2.75) is 32.1 Å². The van der Waals surface area contributed by atoms with Gasteiger partial charge < -0.3 is 14.9 Å². The van der Waals surface area contributed by atoms with Crippen LogP contribution in [0.25, 0.3) is 0 Å². The highest BCUT2D eigenvalue weighted by Gasteiger charge is 2.46. The van der Waals surface area contributed by atoms with Crippen molar-refractivity contribution in [2.24, 2.45) is 5.41 Å². The first-order chi connectivity index (χ1) is 11.5. The molecule has 0 spiro atoms. The molecule has 1 aromatic rings. The second-order valence-electron chi connectivity index (χ2n) is 6.65. The molecule has 0 unspecified atom stereocenters. The molecule has 2 aliphatic rings. The summed E-state index contributed by atoms with van der Waals surface area (Å²) in [5.74, 6) is -0.945. The van der Waals surface area contributed by atoms with E-state index in [1.54, 1.807) is 9.80 Å². The van der Waals surface area contributed by atoms with Crippen LogP contribution in [0.5, 0.6) is 0 Å². The minimum absolute atomic E-state index is 0.00606. The van der Waals surface area contributed by atoms with E-state index in [1.807, 2.05) is 16.8 Å². The molecule has 0 bridgehead atoms. The topological polar surface area (TPSA) is 77.9 Å². The van der Waals surface area contributed by atoms with Gasteiger partial charge in [-0.2, -0.15) is 11.3 Å². The largest absolute Gasteiger partial charge is 0.481 e. The van der Waals surface area contributed by atoms with E-state index in [-0.39, 0.29) is 18.2 Å². The fraction of sp³-hybridized carbons (Fsp3) is 0.588. The average Bonchev–Trinajstić information content (AvgIpc) is 2.94. The van der Waals surface area contributed by atoms with Crippen LogP contribution in [0, 0.1) is 5.41 Å². The third-order valence-corrected chi connectivity index (χ3v) is 5.84. The van der Waals surface area contributed by atoms with Crippen molar-refractivity contribution in [2.75, 3.05) is 26.2 Å². The Labute approximate surface area is 145 Å². The number of carbonyl (C=O) groups is 3. The summed E-state index contributed by atoms with van der Waals surface area (Å²) in [5.41, 5.74) is -0.158. The molecule has 1 N–H and O–H groups in total. The molecule has 1 saturated heterocycles. The SMILES string of the molecule is O=C(CC1(C(=O)O)CCC1)N1CCCN(C(=O)c2ccsc2)CC1. The Balaban J connectivity index is 1.58. The van der Waals surface area contributed by atoms with E-state index in [2.05, 4.69) is 0 Å². The van der Waals surface area contributed by atoms with Crippen LogP contribution in [0.1, 0.15) is 42.5 Å². The maximum atomic E-state index is 12.5. The van der Waals surface area contributed by atoms with Gasteiger partial charge in [-0.15, -0.1) is 0 Å². The molecule has 0 atom stereocenters. The van der Waals surface area contributed by atoms with Crippen LogP contribution < -0.4 is 0 Å². The highest BCUT2D eigenvalue weighted by atomic mass is 32.1. The predicted molar refractivity (Wildman–Crippen MR) is 90.0 cm³/mol. The van der Waals surface area contributed by atoms with Gasteiger partial charge in [-0.1, -0.05) is 6.42 Å². The monoisotopic (exact) mass is 350 g/mol. The fourth-order valence-corrected chi connectivity index (χ4v) is 4.04. The summed E-state index contributed by atoms with van der Waals surface area (Å²) >= 11 is 1.49. The molecule has 6 nitrogen and oxygen atoms in total. The Kier molecular flexibility index (Phi) is 4.89. The number of nitrogens with zero attached hydrogens (tertiary/aromatic N) is 2. The molecule has 0 radical (unpaired) electrons. The maximum absolute atomic E-state index is 12.5. The second-order valence-corrected chi connectivity index (χ2v) is 7.43. The lowest BCUT2D eigenvalue weighted by Crippen LogP contribution is -2.44. The van der Waals surface area contributed by atoms with E-state index in [9.17, 15) is 19.5 Å². The van der Waals surface area contributed by atoms with Crippen LogP contribution in [0.3, 0.4) is 0 Å². The average molecular weight is 350 g/mol. The summed E-state index contributed by atoms with van der Waals surface area (Å²) in [4.78, 5) is 39.9.